The van der Waals surface area contributed by atoms with Crippen molar-refractivity contribution in [2.75, 3.05) is 39.9 Å². The first-order valence-electron chi connectivity index (χ1n) is 7.62. The Labute approximate surface area is 112 Å². The molecule has 2 aliphatic heterocycles. The normalized spacial score (nSPS) is 33.5. The van der Waals surface area contributed by atoms with E-state index in [0.717, 1.165) is 31.7 Å². The summed E-state index contributed by atoms with van der Waals surface area (Å²) in [6, 6.07) is 0.762. The van der Waals surface area contributed by atoms with Gasteiger partial charge in [0.05, 0.1) is 0 Å². The number of nitrogens with zero attached hydrogens (tertiary/aromatic N) is 1. The smallest absolute Gasteiger partial charge is 0.0472 e. The van der Waals surface area contributed by atoms with Gasteiger partial charge >= 0.3 is 0 Å². The Bertz CT molecular complexity index is 245. The molecule has 3 heteroatoms. The molecule has 106 valence electrons. The van der Waals surface area contributed by atoms with Gasteiger partial charge in [0.25, 0.3) is 0 Å². The minimum absolute atomic E-state index is 0.443. The maximum Gasteiger partial charge on any atom is 0.0472 e. The molecule has 0 radical (unpaired) electrons. The zero-order chi connectivity index (χ0) is 13.0. The molecule has 2 rings (SSSR count). The van der Waals surface area contributed by atoms with Crippen molar-refractivity contribution in [3.8, 4) is 0 Å². The predicted octanol–water partition coefficient (Wildman–Crippen LogP) is 2.12. The Morgan fingerprint density at radius 1 is 1.22 bits per heavy atom. The highest BCUT2D eigenvalue weighted by molar-refractivity contribution is 4.89. The molecule has 2 saturated heterocycles. The van der Waals surface area contributed by atoms with E-state index in [1.54, 1.807) is 0 Å². The molecule has 0 amide bonds. The molecule has 18 heavy (non-hydrogen) atoms. The van der Waals surface area contributed by atoms with Crippen molar-refractivity contribution < 1.29 is 4.74 Å². The quantitative estimate of drug-likeness (QED) is 0.832. The van der Waals surface area contributed by atoms with Crippen LogP contribution in [0.4, 0.5) is 0 Å². The van der Waals surface area contributed by atoms with E-state index in [1.807, 2.05) is 0 Å². The highest BCUT2D eigenvalue weighted by Gasteiger charge is 2.36. The van der Waals surface area contributed by atoms with Gasteiger partial charge in [0.15, 0.2) is 0 Å². The molecule has 0 saturated carbocycles. The fraction of sp³-hybridized carbons (Fsp3) is 1.00. The van der Waals surface area contributed by atoms with Crippen LogP contribution in [0, 0.1) is 11.3 Å². The Morgan fingerprint density at radius 3 is 2.61 bits per heavy atom. The minimum atomic E-state index is 0.443. The molecular weight excluding hydrogens is 224 g/mol. The molecule has 2 aliphatic rings. The summed E-state index contributed by atoms with van der Waals surface area (Å²) in [6.07, 6.45) is 5.20. The van der Waals surface area contributed by atoms with E-state index in [9.17, 15) is 0 Å². The van der Waals surface area contributed by atoms with Gasteiger partial charge in [-0.1, -0.05) is 6.92 Å². The molecule has 0 aromatic heterocycles. The van der Waals surface area contributed by atoms with Crippen molar-refractivity contribution in [2.24, 2.45) is 11.3 Å². The van der Waals surface area contributed by atoms with E-state index in [0.29, 0.717) is 5.41 Å². The summed E-state index contributed by atoms with van der Waals surface area (Å²) in [5.74, 6) is 0.868. The average molecular weight is 254 g/mol. The van der Waals surface area contributed by atoms with Crippen LogP contribution in [0.5, 0.6) is 0 Å². The third kappa shape index (κ3) is 3.46. The SMILES string of the molecule is CNCC1(CN2CC(C)CCC2C)CCOCC1. The average Bonchev–Trinajstić information content (AvgIpc) is 2.35. The molecule has 1 N–H and O–H groups in total. The largest absolute Gasteiger partial charge is 0.381 e. The molecule has 0 aliphatic carbocycles. The number of piperidine rings is 1. The maximum atomic E-state index is 5.56. The van der Waals surface area contributed by atoms with Crippen LogP contribution in [0.1, 0.15) is 39.5 Å². The fourth-order valence-electron chi connectivity index (χ4n) is 3.60. The van der Waals surface area contributed by atoms with Gasteiger partial charge < -0.3 is 10.1 Å². The van der Waals surface area contributed by atoms with Crippen molar-refractivity contribution >= 4 is 0 Å². The summed E-state index contributed by atoms with van der Waals surface area (Å²) in [5, 5.41) is 3.41. The van der Waals surface area contributed by atoms with Gasteiger partial charge in [-0.05, 0) is 51.0 Å². The first-order valence-corrected chi connectivity index (χ1v) is 7.62. The van der Waals surface area contributed by atoms with Crippen molar-refractivity contribution in [1.29, 1.82) is 0 Å². The Morgan fingerprint density at radius 2 is 1.94 bits per heavy atom. The monoisotopic (exact) mass is 254 g/mol. The van der Waals surface area contributed by atoms with Crippen molar-refractivity contribution in [2.45, 2.75) is 45.6 Å². The highest BCUT2D eigenvalue weighted by atomic mass is 16.5. The number of rotatable bonds is 4. The van der Waals surface area contributed by atoms with Crippen LogP contribution in [0.25, 0.3) is 0 Å². The second-order valence-corrected chi connectivity index (χ2v) is 6.60. The molecule has 2 atom stereocenters. The van der Waals surface area contributed by atoms with Gasteiger partial charge in [0, 0.05) is 38.9 Å². The third-order valence-electron chi connectivity index (χ3n) is 4.89. The molecule has 0 aromatic rings. The Balaban J connectivity index is 1.98. The standard InChI is InChI=1S/C15H30N2O/c1-13-4-5-14(2)17(10-13)12-15(11-16-3)6-8-18-9-7-15/h13-14,16H,4-12H2,1-3H3. The van der Waals surface area contributed by atoms with Crippen LogP contribution in [0.15, 0.2) is 0 Å². The van der Waals surface area contributed by atoms with E-state index in [2.05, 4.69) is 31.1 Å². The molecule has 0 aromatic carbocycles. The maximum absolute atomic E-state index is 5.56. The topological polar surface area (TPSA) is 24.5 Å². The van der Waals surface area contributed by atoms with Crippen molar-refractivity contribution in [3.05, 3.63) is 0 Å². The number of nitrogens with one attached hydrogen (secondary N) is 1. The van der Waals surface area contributed by atoms with Gasteiger partial charge in [-0.25, -0.2) is 0 Å². The van der Waals surface area contributed by atoms with Gasteiger partial charge in [-0.2, -0.15) is 0 Å². The lowest BCUT2D eigenvalue weighted by atomic mass is 9.78. The van der Waals surface area contributed by atoms with Crippen LogP contribution in [0.2, 0.25) is 0 Å². The van der Waals surface area contributed by atoms with E-state index < -0.39 is 0 Å². The number of likely N-dealkylation sites (tertiary alicyclic amines) is 1. The lowest BCUT2D eigenvalue weighted by Gasteiger charge is -2.45. The van der Waals surface area contributed by atoms with Crippen LogP contribution >= 0.6 is 0 Å². The summed E-state index contributed by atoms with van der Waals surface area (Å²) in [5.41, 5.74) is 0.443. The molecular formula is C15H30N2O. The number of hydrogen-bond donors (Lipinski definition) is 1. The van der Waals surface area contributed by atoms with Crippen molar-refractivity contribution in [1.82, 2.24) is 10.2 Å². The zero-order valence-corrected chi connectivity index (χ0v) is 12.4. The summed E-state index contributed by atoms with van der Waals surface area (Å²) in [6.45, 7) is 10.4. The lowest BCUT2D eigenvalue weighted by molar-refractivity contribution is -0.0194. The van der Waals surface area contributed by atoms with E-state index in [-0.39, 0.29) is 0 Å². The highest BCUT2D eigenvalue weighted by Crippen LogP contribution is 2.33. The van der Waals surface area contributed by atoms with Crippen LogP contribution < -0.4 is 5.32 Å². The number of ether oxygens (including phenoxy) is 1. The van der Waals surface area contributed by atoms with E-state index >= 15 is 0 Å². The van der Waals surface area contributed by atoms with Gasteiger partial charge in [-0.3, -0.25) is 4.90 Å². The summed E-state index contributed by atoms with van der Waals surface area (Å²) < 4.78 is 5.56. The summed E-state index contributed by atoms with van der Waals surface area (Å²) >= 11 is 0. The third-order valence-corrected chi connectivity index (χ3v) is 4.89. The predicted molar refractivity (Wildman–Crippen MR) is 75.8 cm³/mol. The van der Waals surface area contributed by atoms with Crippen LogP contribution in [0.3, 0.4) is 0 Å². The molecule has 0 bridgehead atoms. The molecule has 2 unspecified atom stereocenters. The first kappa shape index (κ1) is 14.3. The van der Waals surface area contributed by atoms with Crippen LogP contribution in [-0.4, -0.2) is 50.8 Å². The van der Waals surface area contributed by atoms with E-state index in [1.165, 1.54) is 38.8 Å². The van der Waals surface area contributed by atoms with Gasteiger partial charge in [0.1, 0.15) is 0 Å². The second-order valence-electron chi connectivity index (χ2n) is 6.60. The fourth-order valence-corrected chi connectivity index (χ4v) is 3.60. The Kier molecular flexibility index (Phi) is 5.05. The zero-order valence-electron chi connectivity index (χ0n) is 12.4. The van der Waals surface area contributed by atoms with E-state index in [4.69, 9.17) is 4.74 Å². The summed E-state index contributed by atoms with van der Waals surface area (Å²) in [4.78, 5) is 2.73. The lowest BCUT2D eigenvalue weighted by Crippen LogP contribution is -2.51. The number of hydrogen-bond acceptors (Lipinski definition) is 3. The molecule has 0 spiro atoms. The van der Waals surface area contributed by atoms with Crippen LogP contribution in [-0.2, 0) is 4.74 Å². The summed E-state index contributed by atoms with van der Waals surface area (Å²) in [7, 11) is 2.08. The molecule has 2 fully saturated rings. The molecule has 3 nitrogen and oxygen atoms in total. The van der Waals surface area contributed by atoms with Crippen molar-refractivity contribution in [3.63, 3.8) is 0 Å². The molecule has 2 heterocycles. The second kappa shape index (κ2) is 6.36. The minimum Gasteiger partial charge on any atom is -0.381 e. The first-order chi connectivity index (χ1) is 8.65. The Hall–Kier alpha value is -0.120. The van der Waals surface area contributed by atoms with Gasteiger partial charge in [-0.15, -0.1) is 0 Å². The van der Waals surface area contributed by atoms with Gasteiger partial charge in [0.2, 0.25) is 0 Å².